The van der Waals surface area contributed by atoms with Crippen LogP contribution in [0.5, 0.6) is 5.75 Å². The van der Waals surface area contributed by atoms with E-state index in [0.29, 0.717) is 5.56 Å². The number of hydrogen-bond acceptors (Lipinski definition) is 4. The third-order valence-electron chi connectivity index (χ3n) is 3.16. The molecule has 1 amide bonds. The molecule has 106 valence electrons. The summed E-state index contributed by atoms with van der Waals surface area (Å²) in [5.41, 5.74) is 0.735. The Morgan fingerprint density at radius 2 is 1.95 bits per heavy atom. The zero-order valence-corrected chi connectivity index (χ0v) is 12.3. The highest BCUT2D eigenvalue weighted by Crippen LogP contribution is 2.21. The maximum Gasteiger partial charge on any atom is 0.255 e. The van der Waals surface area contributed by atoms with Crippen LogP contribution in [-0.4, -0.2) is 37.0 Å². The molecular formula is C13H19NO4S. The largest absolute Gasteiger partial charge is 0.507 e. The van der Waals surface area contributed by atoms with E-state index >= 15 is 0 Å². The van der Waals surface area contributed by atoms with Gasteiger partial charge in [-0.15, -0.1) is 0 Å². The van der Waals surface area contributed by atoms with E-state index in [4.69, 9.17) is 0 Å². The minimum absolute atomic E-state index is 0.0158. The molecule has 0 radical (unpaired) electrons. The predicted molar refractivity (Wildman–Crippen MR) is 74.1 cm³/mol. The van der Waals surface area contributed by atoms with E-state index in [1.165, 1.54) is 6.07 Å². The van der Waals surface area contributed by atoms with Gasteiger partial charge < -0.3 is 10.4 Å². The fourth-order valence-electron chi connectivity index (χ4n) is 1.36. The molecule has 0 fully saturated rings. The number of amides is 1. The SMILES string of the molecule is Cc1cccc(C(=O)NCC(C)(C)S(C)(=O)=O)c1O. The van der Waals surface area contributed by atoms with Gasteiger partial charge in [0.05, 0.1) is 10.3 Å². The van der Waals surface area contributed by atoms with Crippen molar-refractivity contribution in [1.82, 2.24) is 5.32 Å². The monoisotopic (exact) mass is 285 g/mol. The van der Waals surface area contributed by atoms with Crippen LogP contribution in [0.3, 0.4) is 0 Å². The Morgan fingerprint density at radius 1 is 1.37 bits per heavy atom. The van der Waals surface area contributed by atoms with Crippen molar-refractivity contribution in [2.45, 2.75) is 25.5 Å². The van der Waals surface area contributed by atoms with Crippen molar-refractivity contribution in [2.24, 2.45) is 0 Å². The first-order valence-electron chi connectivity index (χ1n) is 5.82. The van der Waals surface area contributed by atoms with Crippen molar-refractivity contribution in [1.29, 1.82) is 0 Å². The summed E-state index contributed by atoms with van der Waals surface area (Å²) in [4.78, 5) is 11.9. The first-order valence-corrected chi connectivity index (χ1v) is 7.72. The lowest BCUT2D eigenvalue weighted by molar-refractivity contribution is 0.0947. The highest BCUT2D eigenvalue weighted by Gasteiger charge is 2.30. The van der Waals surface area contributed by atoms with E-state index in [2.05, 4.69) is 5.32 Å². The summed E-state index contributed by atoms with van der Waals surface area (Å²) in [7, 11) is -3.28. The van der Waals surface area contributed by atoms with E-state index in [-0.39, 0.29) is 17.9 Å². The summed E-state index contributed by atoms with van der Waals surface area (Å²) in [5.74, 6) is -0.574. The lowest BCUT2D eigenvalue weighted by atomic mass is 10.1. The van der Waals surface area contributed by atoms with Crippen LogP contribution in [0.2, 0.25) is 0 Å². The first kappa shape index (κ1) is 15.5. The molecule has 5 nitrogen and oxygen atoms in total. The Balaban J connectivity index is 2.85. The minimum atomic E-state index is -3.28. The Kier molecular flexibility index (Phi) is 4.25. The van der Waals surface area contributed by atoms with Gasteiger partial charge in [-0.1, -0.05) is 12.1 Å². The fraction of sp³-hybridized carbons (Fsp3) is 0.462. The van der Waals surface area contributed by atoms with Gasteiger partial charge in [0.1, 0.15) is 5.75 Å². The minimum Gasteiger partial charge on any atom is -0.507 e. The van der Waals surface area contributed by atoms with Crippen LogP contribution in [0.25, 0.3) is 0 Å². The van der Waals surface area contributed by atoms with Crippen molar-refractivity contribution in [3.05, 3.63) is 29.3 Å². The predicted octanol–water partition coefficient (Wildman–Crippen LogP) is 1.25. The summed E-state index contributed by atoms with van der Waals surface area (Å²) < 4.78 is 22.0. The summed E-state index contributed by atoms with van der Waals surface area (Å²) in [6.07, 6.45) is 1.13. The molecule has 0 bridgehead atoms. The van der Waals surface area contributed by atoms with E-state index in [1.54, 1.807) is 32.9 Å². The Morgan fingerprint density at radius 3 is 2.47 bits per heavy atom. The van der Waals surface area contributed by atoms with Crippen LogP contribution in [0, 0.1) is 6.92 Å². The Bertz CT molecular complexity index is 591. The number of benzene rings is 1. The number of phenols is 1. The second-order valence-electron chi connectivity index (χ2n) is 5.19. The van der Waals surface area contributed by atoms with Crippen LogP contribution in [-0.2, 0) is 9.84 Å². The average Bonchev–Trinajstić information content (AvgIpc) is 2.28. The molecule has 19 heavy (non-hydrogen) atoms. The molecule has 0 aliphatic heterocycles. The van der Waals surface area contributed by atoms with Crippen LogP contribution in [0.1, 0.15) is 29.8 Å². The molecule has 6 heteroatoms. The number of phenolic OH excluding ortho intramolecular Hbond substituents is 1. The molecule has 0 saturated heterocycles. The molecule has 1 aromatic carbocycles. The van der Waals surface area contributed by atoms with Gasteiger partial charge in [-0.05, 0) is 32.4 Å². The van der Waals surface area contributed by atoms with Gasteiger partial charge in [0.25, 0.3) is 5.91 Å². The molecule has 1 rings (SSSR count). The number of carbonyl (C=O) groups is 1. The second-order valence-corrected chi connectivity index (χ2v) is 7.84. The summed E-state index contributed by atoms with van der Waals surface area (Å²) in [6, 6.07) is 4.84. The van der Waals surface area contributed by atoms with Crippen molar-refractivity contribution in [2.75, 3.05) is 12.8 Å². The zero-order valence-electron chi connectivity index (χ0n) is 11.5. The van der Waals surface area contributed by atoms with Gasteiger partial charge in [0.15, 0.2) is 9.84 Å². The lowest BCUT2D eigenvalue weighted by Gasteiger charge is -2.22. The highest BCUT2D eigenvalue weighted by atomic mass is 32.2. The number of sulfone groups is 1. The molecule has 0 saturated carbocycles. The average molecular weight is 285 g/mol. The van der Waals surface area contributed by atoms with Crippen molar-refractivity contribution >= 4 is 15.7 Å². The molecule has 0 aliphatic carbocycles. The highest BCUT2D eigenvalue weighted by molar-refractivity contribution is 7.92. The Hall–Kier alpha value is -1.56. The molecular weight excluding hydrogens is 266 g/mol. The Labute approximate surface area is 113 Å². The van der Waals surface area contributed by atoms with E-state index in [1.807, 2.05) is 0 Å². The third-order valence-corrected chi connectivity index (χ3v) is 5.31. The fourth-order valence-corrected chi connectivity index (χ4v) is 1.70. The van der Waals surface area contributed by atoms with E-state index in [9.17, 15) is 18.3 Å². The first-order chi connectivity index (χ1) is 8.56. The number of para-hydroxylation sites is 1. The topological polar surface area (TPSA) is 83.5 Å². The third kappa shape index (κ3) is 3.47. The van der Waals surface area contributed by atoms with Gasteiger partial charge >= 0.3 is 0 Å². The van der Waals surface area contributed by atoms with Crippen LogP contribution >= 0.6 is 0 Å². The van der Waals surface area contributed by atoms with Crippen molar-refractivity contribution in [3.8, 4) is 5.75 Å². The smallest absolute Gasteiger partial charge is 0.255 e. The van der Waals surface area contributed by atoms with Crippen LogP contribution in [0.15, 0.2) is 18.2 Å². The van der Waals surface area contributed by atoms with Gasteiger partial charge in [-0.3, -0.25) is 4.79 Å². The lowest BCUT2D eigenvalue weighted by Crippen LogP contribution is -2.43. The number of aryl methyl sites for hydroxylation is 1. The standard InChI is InChI=1S/C13H19NO4S/c1-9-6-5-7-10(11(9)15)12(16)14-8-13(2,3)19(4,17)18/h5-7,15H,8H2,1-4H3,(H,14,16). The van der Waals surface area contributed by atoms with Crippen molar-refractivity contribution < 1.29 is 18.3 Å². The normalized spacial score (nSPS) is 12.2. The number of aromatic hydroxyl groups is 1. The molecule has 1 aromatic rings. The number of rotatable bonds is 4. The molecule has 0 aliphatic rings. The summed E-state index contributed by atoms with van der Waals surface area (Å²) >= 11 is 0. The van der Waals surface area contributed by atoms with Gasteiger partial charge in [-0.2, -0.15) is 0 Å². The molecule has 0 aromatic heterocycles. The van der Waals surface area contributed by atoms with Crippen LogP contribution < -0.4 is 5.32 Å². The molecule has 0 unspecified atom stereocenters. The number of nitrogens with one attached hydrogen (secondary N) is 1. The maximum absolute atomic E-state index is 11.9. The molecule has 2 N–H and O–H groups in total. The van der Waals surface area contributed by atoms with Gasteiger partial charge in [0, 0.05) is 12.8 Å². The van der Waals surface area contributed by atoms with Gasteiger partial charge in [-0.25, -0.2) is 8.42 Å². The van der Waals surface area contributed by atoms with E-state index < -0.39 is 20.5 Å². The number of hydrogen-bond donors (Lipinski definition) is 2. The zero-order chi connectivity index (χ0) is 14.8. The van der Waals surface area contributed by atoms with Crippen LogP contribution in [0.4, 0.5) is 0 Å². The quantitative estimate of drug-likeness (QED) is 0.872. The number of carbonyl (C=O) groups excluding carboxylic acids is 1. The summed E-state index contributed by atoms with van der Waals surface area (Å²) in [5, 5.41) is 12.3. The van der Waals surface area contributed by atoms with E-state index in [0.717, 1.165) is 6.26 Å². The molecule has 0 heterocycles. The maximum atomic E-state index is 11.9. The van der Waals surface area contributed by atoms with Crippen molar-refractivity contribution in [3.63, 3.8) is 0 Å². The van der Waals surface area contributed by atoms with Gasteiger partial charge in [0.2, 0.25) is 0 Å². The second kappa shape index (κ2) is 5.21. The summed E-state index contributed by atoms with van der Waals surface area (Å²) in [6.45, 7) is 4.75. The molecule has 0 atom stereocenters. The molecule has 0 spiro atoms.